The molecule has 1 rings (SSSR count). The molecule has 0 aliphatic carbocycles. The Balaban J connectivity index is 2.54. The zero-order valence-corrected chi connectivity index (χ0v) is 13.9. The number of hydrogen-bond acceptors (Lipinski definition) is 5. The fraction of sp³-hybridized carbons (Fsp3) is 0.467. The molecule has 0 fully saturated rings. The summed E-state index contributed by atoms with van der Waals surface area (Å²) in [5.41, 5.74) is 0.860. The topological polar surface area (TPSA) is 76.7 Å². The minimum absolute atomic E-state index is 0.312. The number of esters is 1. The van der Waals surface area contributed by atoms with Crippen LogP contribution in [0, 0.1) is 0 Å². The maximum Gasteiger partial charge on any atom is 0.328 e. The maximum absolute atomic E-state index is 11.9. The molecule has 0 aliphatic rings. The number of benzene rings is 1. The Kier molecular flexibility index (Phi) is 8.21. The number of amides is 2. The second-order valence-corrected chi connectivity index (χ2v) is 5.48. The average molecular weight is 326 g/mol. The SMILES string of the molecule is COC(=O)[C@H](CCSC)NC(=O)NCc1ccccc1OC. The molecule has 0 saturated carbocycles. The molecule has 0 unspecified atom stereocenters. The van der Waals surface area contributed by atoms with Crippen LogP contribution in [-0.4, -0.2) is 44.3 Å². The monoisotopic (exact) mass is 326 g/mol. The second-order valence-electron chi connectivity index (χ2n) is 4.50. The summed E-state index contributed by atoms with van der Waals surface area (Å²) in [7, 11) is 2.89. The van der Waals surface area contributed by atoms with Crippen LogP contribution < -0.4 is 15.4 Å². The molecule has 1 aromatic carbocycles. The van der Waals surface area contributed by atoms with E-state index >= 15 is 0 Å². The van der Waals surface area contributed by atoms with E-state index in [0.29, 0.717) is 18.7 Å². The average Bonchev–Trinajstić information content (AvgIpc) is 2.56. The Hall–Kier alpha value is -1.89. The van der Waals surface area contributed by atoms with Crippen LogP contribution in [0.5, 0.6) is 5.75 Å². The molecule has 0 radical (unpaired) electrons. The second kappa shape index (κ2) is 9.94. The first-order valence-corrected chi connectivity index (χ1v) is 8.24. The maximum atomic E-state index is 11.9. The van der Waals surface area contributed by atoms with Gasteiger partial charge < -0.3 is 20.1 Å². The number of thioether (sulfide) groups is 1. The van der Waals surface area contributed by atoms with E-state index in [4.69, 9.17) is 9.47 Å². The lowest BCUT2D eigenvalue weighted by Gasteiger charge is -2.17. The molecule has 0 aliphatic heterocycles. The lowest BCUT2D eigenvalue weighted by molar-refractivity contribution is -0.142. The first-order valence-electron chi connectivity index (χ1n) is 6.85. The van der Waals surface area contributed by atoms with Gasteiger partial charge in [-0.1, -0.05) is 18.2 Å². The van der Waals surface area contributed by atoms with E-state index in [1.165, 1.54) is 7.11 Å². The molecule has 0 heterocycles. The molecule has 22 heavy (non-hydrogen) atoms. The summed E-state index contributed by atoms with van der Waals surface area (Å²) in [5.74, 6) is 1.02. The zero-order valence-electron chi connectivity index (χ0n) is 13.0. The number of para-hydroxylation sites is 1. The normalized spacial score (nSPS) is 11.4. The summed E-state index contributed by atoms with van der Waals surface area (Å²) in [6.45, 7) is 0.312. The molecular weight excluding hydrogens is 304 g/mol. The molecule has 1 aromatic rings. The fourth-order valence-corrected chi connectivity index (χ4v) is 2.33. The number of ether oxygens (including phenoxy) is 2. The van der Waals surface area contributed by atoms with E-state index in [-0.39, 0.29) is 0 Å². The van der Waals surface area contributed by atoms with Gasteiger partial charge in [0.1, 0.15) is 11.8 Å². The first-order chi connectivity index (χ1) is 10.6. The van der Waals surface area contributed by atoms with E-state index in [0.717, 1.165) is 11.3 Å². The fourth-order valence-electron chi connectivity index (χ4n) is 1.86. The van der Waals surface area contributed by atoms with Crippen molar-refractivity contribution in [3.8, 4) is 5.75 Å². The van der Waals surface area contributed by atoms with E-state index in [2.05, 4.69) is 10.6 Å². The number of rotatable bonds is 8. The summed E-state index contributed by atoms with van der Waals surface area (Å²) < 4.78 is 9.92. The summed E-state index contributed by atoms with van der Waals surface area (Å²) in [6, 6.07) is 6.36. The standard InChI is InChI=1S/C15H22N2O4S/c1-20-13-7-5-4-6-11(13)10-16-15(19)17-12(8-9-22-3)14(18)21-2/h4-7,12H,8-10H2,1-3H3,(H2,16,17,19)/t12-/m0/s1. The smallest absolute Gasteiger partial charge is 0.328 e. The van der Waals surface area contributed by atoms with Gasteiger partial charge in [-0.3, -0.25) is 0 Å². The summed E-state index contributed by atoms with van der Waals surface area (Å²) in [4.78, 5) is 23.6. The minimum atomic E-state index is -0.643. The van der Waals surface area contributed by atoms with Crippen molar-refractivity contribution in [1.29, 1.82) is 0 Å². The van der Waals surface area contributed by atoms with Gasteiger partial charge in [-0.2, -0.15) is 11.8 Å². The van der Waals surface area contributed by atoms with Crippen LogP contribution in [0.1, 0.15) is 12.0 Å². The van der Waals surface area contributed by atoms with Crippen molar-refractivity contribution in [2.45, 2.75) is 19.0 Å². The molecule has 2 N–H and O–H groups in total. The van der Waals surface area contributed by atoms with E-state index in [9.17, 15) is 9.59 Å². The van der Waals surface area contributed by atoms with Crippen molar-refractivity contribution in [2.24, 2.45) is 0 Å². The lowest BCUT2D eigenvalue weighted by Crippen LogP contribution is -2.46. The molecule has 7 heteroatoms. The number of methoxy groups -OCH3 is 2. The highest BCUT2D eigenvalue weighted by molar-refractivity contribution is 7.98. The molecule has 122 valence electrons. The molecule has 0 saturated heterocycles. The Labute approximate surface area is 134 Å². The third kappa shape index (κ3) is 5.85. The predicted octanol–water partition coefficient (Wildman–Crippen LogP) is 1.79. The highest BCUT2D eigenvalue weighted by atomic mass is 32.2. The van der Waals surface area contributed by atoms with Crippen LogP contribution in [0.2, 0.25) is 0 Å². The van der Waals surface area contributed by atoms with Crippen LogP contribution in [0.4, 0.5) is 4.79 Å². The Morgan fingerprint density at radius 3 is 2.64 bits per heavy atom. The first kappa shape index (κ1) is 18.2. The van der Waals surface area contributed by atoms with Crippen molar-refractivity contribution in [3.05, 3.63) is 29.8 Å². The molecule has 0 spiro atoms. The molecule has 2 amide bonds. The van der Waals surface area contributed by atoms with Crippen LogP contribution in [0.25, 0.3) is 0 Å². The largest absolute Gasteiger partial charge is 0.496 e. The quantitative estimate of drug-likeness (QED) is 0.712. The van der Waals surface area contributed by atoms with Gasteiger partial charge in [0.15, 0.2) is 0 Å². The molecule has 0 bridgehead atoms. The van der Waals surface area contributed by atoms with Crippen LogP contribution >= 0.6 is 11.8 Å². The number of carbonyl (C=O) groups is 2. The number of carbonyl (C=O) groups excluding carboxylic acids is 2. The summed E-state index contributed by atoms with van der Waals surface area (Å²) >= 11 is 1.60. The van der Waals surface area contributed by atoms with Gasteiger partial charge in [0.2, 0.25) is 0 Å². The minimum Gasteiger partial charge on any atom is -0.496 e. The number of hydrogen-bond donors (Lipinski definition) is 2. The molecular formula is C15H22N2O4S. The Morgan fingerprint density at radius 1 is 1.27 bits per heavy atom. The lowest BCUT2D eigenvalue weighted by atomic mass is 10.2. The highest BCUT2D eigenvalue weighted by Gasteiger charge is 2.20. The van der Waals surface area contributed by atoms with E-state index < -0.39 is 18.0 Å². The molecule has 1 atom stereocenters. The van der Waals surface area contributed by atoms with Gasteiger partial charge in [-0.15, -0.1) is 0 Å². The molecule has 0 aromatic heterocycles. The molecule has 6 nitrogen and oxygen atoms in total. The Morgan fingerprint density at radius 2 is 2.00 bits per heavy atom. The van der Waals surface area contributed by atoms with Crippen LogP contribution in [0.3, 0.4) is 0 Å². The van der Waals surface area contributed by atoms with E-state index in [1.807, 2.05) is 30.5 Å². The van der Waals surface area contributed by atoms with Crippen molar-refractivity contribution in [2.75, 3.05) is 26.2 Å². The van der Waals surface area contributed by atoms with Gasteiger partial charge in [-0.25, -0.2) is 9.59 Å². The van der Waals surface area contributed by atoms with Crippen molar-refractivity contribution < 1.29 is 19.1 Å². The summed E-state index contributed by atoms with van der Waals surface area (Å²) in [5, 5.41) is 5.35. The number of urea groups is 1. The van der Waals surface area contributed by atoms with Crippen molar-refractivity contribution in [1.82, 2.24) is 10.6 Å². The summed E-state index contributed by atoms with van der Waals surface area (Å²) in [6.07, 6.45) is 2.46. The Bertz CT molecular complexity index is 496. The zero-order chi connectivity index (χ0) is 16.4. The van der Waals surface area contributed by atoms with Gasteiger partial charge >= 0.3 is 12.0 Å². The predicted molar refractivity (Wildman–Crippen MR) is 87.2 cm³/mol. The van der Waals surface area contributed by atoms with Gasteiger partial charge in [0.25, 0.3) is 0 Å². The van der Waals surface area contributed by atoms with Gasteiger partial charge in [-0.05, 0) is 24.5 Å². The number of nitrogens with one attached hydrogen (secondary N) is 2. The van der Waals surface area contributed by atoms with Gasteiger partial charge in [0, 0.05) is 12.1 Å². The van der Waals surface area contributed by atoms with Crippen LogP contribution in [-0.2, 0) is 16.1 Å². The third-order valence-electron chi connectivity index (χ3n) is 3.03. The highest BCUT2D eigenvalue weighted by Crippen LogP contribution is 2.16. The van der Waals surface area contributed by atoms with Crippen molar-refractivity contribution in [3.63, 3.8) is 0 Å². The van der Waals surface area contributed by atoms with Gasteiger partial charge in [0.05, 0.1) is 14.2 Å². The van der Waals surface area contributed by atoms with Crippen LogP contribution in [0.15, 0.2) is 24.3 Å². The third-order valence-corrected chi connectivity index (χ3v) is 3.68. The van der Waals surface area contributed by atoms with Crippen molar-refractivity contribution >= 4 is 23.8 Å². The van der Waals surface area contributed by atoms with E-state index in [1.54, 1.807) is 18.9 Å².